The van der Waals surface area contributed by atoms with E-state index in [0.717, 1.165) is 12.1 Å². The smallest absolute Gasteiger partial charge is 0.319 e. The van der Waals surface area contributed by atoms with Crippen LogP contribution in [0.1, 0.15) is 33.1 Å². The van der Waals surface area contributed by atoms with Gasteiger partial charge in [0.1, 0.15) is 0 Å². The number of nitrogens with one attached hydrogen (secondary N) is 2. The zero-order chi connectivity index (χ0) is 15.0. The van der Waals surface area contributed by atoms with Gasteiger partial charge in [0.05, 0.1) is 5.69 Å². The number of hydrogen-bond acceptors (Lipinski definition) is 3. The Hall–Kier alpha value is -1.56. The number of carboxylic acids is 1. The molecular formula is C14H22N2O3S. The van der Waals surface area contributed by atoms with Crippen molar-refractivity contribution < 1.29 is 14.7 Å². The van der Waals surface area contributed by atoms with E-state index >= 15 is 0 Å². The fraction of sp³-hybridized carbons (Fsp3) is 0.571. The summed E-state index contributed by atoms with van der Waals surface area (Å²) in [5.74, 6) is -0.0394. The van der Waals surface area contributed by atoms with Crippen molar-refractivity contribution in [3.05, 3.63) is 16.8 Å². The first kappa shape index (κ1) is 16.5. The third-order valence-electron chi connectivity index (χ3n) is 3.25. The largest absolute Gasteiger partial charge is 0.481 e. The number of aliphatic carboxylic acids is 1. The Balaban J connectivity index is 2.25. The summed E-state index contributed by atoms with van der Waals surface area (Å²) >= 11 is 1.53. The van der Waals surface area contributed by atoms with E-state index in [1.807, 2.05) is 16.8 Å². The summed E-state index contributed by atoms with van der Waals surface area (Å²) in [5.41, 5.74) is 0.791. The molecule has 5 nitrogen and oxygen atoms in total. The number of amides is 2. The molecule has 0 aromatic carbocycles. The molecule has 1 rings (SSSR count). The number of anilines is 1. The molecule has 1 unspecified atom stereocenters. The van der Waals surface area contributed by atoms with Crippen LogP contribution in [0.5, 0.6) is 0 Å². The molecule has 1 heterocycles. The van der Waals surface area contributed by atoms with Crippen molar-refractivity contribution in [2.75, 3.05) is 11.9 Å². The zero-order valence-electron chi connectivity index (χ0n) is 11.9. The Morgan fingerprint density at radius 1 is 1.35 bits per heavy atom. The van der Waals surface area contributed by atoms with E-state index in [9.17, 15) is 9.59 Å². The van der Waals surface area contributed by atoms with E-state index in [2.05, 4.69) is 24.5 Å². The Bertz CT molecular complexity index is 418. The quantitative estimate of drug-likeness (QED) is 0.688. The van der Waals surface area contributed by atoms with Crippen LogP contribution in [0.3, 0.4) is 0 Å². The van der Waals surface area contributed by atoms with E-state index in [-0.39, 0.29) is 12.5 Å². The van der Waals surface area contributed by atoms with Gasteiger partial charge in [-0.2, -0.15) is 11.3 Å². The van der Waals surface area contributed by atoms with Gasteiger partial charge < -0.3 is 15.7 Å². The van der Waals surface area contributed by atoms with Gasteiger partial charge in [-0.1, -0.05) is 13.8 Å². The number of carbonyl (C=O) groups is 2. The number of hydrogen-bond donors (Lipinski definition) is 3. The van der Waals surface area contributed by atoms with Gasteiger partial charge in [0.15, 0.2) is 0 Å². The highest BCUT2D eigenvalue weighted by Crippen LogP contribution is 2.20. The van der Waals surface area contributed by atoms with Crippen molar-refractivity contribution in [1.82, 2.24) is 5.32 Å². The molecule has 112 valence electrons. The molecule has 0 aliphatic carbocycles. The first-order valence-electron chi connectivity index (χ1n) is 6.78. The molecule has 3 N–H and O–H groups in total. The predicted molar refractivity (Wildman–Crippen MR) is 81.2 cm³/mol. The molecule has 0 aliphatic heterocycles. The average molecular weight is 298 g/mol. The number of urea groups is 1. The monoisotopic (exact) mass is 298 g/mol. The summed E-state index contributed by atoms with van der Waals surface area (Å²) in [5, 5.41) is 18.0. The molecule has 1 aromatic heterocycles. The van der Waals surface area contributed by atoms with Gasteiger partial charge in [0.25, 0.3) is 0 Å². The average Bonchev–Trinajstić information content (AvgIpc) is 2.85. The van der Waals surface area contributed by atoms with Crippen molar-refractivity contribution in [3.63, 3.8) is 0 Å². The highest BCUT2D eigenvalue weighted by atomic mass is 32.1. The first-order valence-corrected chi connectivity index (χ1v) is 7.72. The minimum atomic E-state index is -0.765. The van der Waals surface area contributed by atoms with Gasteiger partial charge in [-0.05, 0) is 36.1 Å². The van der Waals surface area contributed by atoms with Crippen molar-refractivity contribution in [2.24, 2.45) is 11.8 Å². The van der Waals surface area contributed by atoms with Gasteiger partial charge >= 0.3 is 12.0 Å². The first-order chi connectivity index (χ1) is 9.49. The second kappa shape index (κ2) is 8.58. The topological polar surface area (TPSA) is 78.4 Å². The Morgan fingerprint density at radius 3 is 2.65 bits per heavy atom. The van der Waals surface area contributed by atoms with E-state index in [4.69, 9.17) is 5.11 Å². The summed E-state index contributed by atoms with van der Waals surface area (Å²) < 4.78 is 0. The normalized spacial score (nSPS) is 12.2. The lowest BCUT2D eigenvalue weighted by Crippen LogP contribution is -2.31. The van der Waals surface area contributed by atoms with Crippen LogP contribution in [0.2, 0.25) is 0 Å². The molecule has 0 aliphatic rings. The number of rotatable bonds is 8. The van der Waals surface area contributed by atoms with Crippen LogP contribution < -0.4 is 10.6 Å². The summed E-state index contributed by atoms with van der Waals surface area (Å²) in [7, 11) is 0. The third kappa shape index (κ3) is 6.56. The van der Waals surface area contributed by atoms with Crippen molar-refractivity contribution in [1.29, 1.82) is 0 Å². The van der Waals surface area contributed by atoms with Gasteiger partial charge in [-0.25, -0.2) is 4.79 Å². The fourth-order valence-electron chi connectivity index (χ4n) is 2.00. The Kier molecular flexibility index (Phi) is 7.08. The lowest BCUT2D eigenvalue weighted by Gasteiger charge is -2.20. The van der Waals surface area contributed by atoms with Crippen LogP contribution >= 0.6 is 11.3 Å². The minimum Gasteiger partial charge on any atom is -0.481 e. The van der Waals surface area contributed by atoms with Crippen LogP contribution in [0.4, 0.5) is 10.5 Å². The maximum atomic E-state index is 11.6. The lowest BCUT2D eigenvalue weighted by atomic mass is 9.88. The van der Waals surface area contributed by atoms with Gasteiger partial charge in [0, 0.05) is 18.3 Å². The van der Waals surface area contributed by atoms with Crippen molar-refractivity contribution in [3.8, 4) is 0 Å². The molecule has 0 spiro atoms. The van der Waals surface area contributed by atoms with E-state index < -0.39 is 5.97 Å². The molecule has 1 aromatic rings. The number of carboxylic acid groups (broad SMARTS) is 1. The fourth-order valence-corrected chi connectivity index (χ4v) is 2.59. The third-order valence-corrected chi connectivity index (χ3v) is 3.93. The van der Waals surface area contributed by atoms with Crippen LogP contribution in [0.25, 0.3) is 0 Å². The standard InChI is InChI=1S/C14H22N2O3S/c1-10(2)11(3-4-13(17)18)5-7-15-14(19)16-12-6-8-20-9-12/h6,8-11H,3-5,7H2,1-2H3,(H,17,18)(H2,15,16,19). The van der Waals surface area contributed by atoms with Crippen LogP contribution in [0.15, 0.2) is 16.8 Å². The molecule has 1 atom stereocenters. The molecule has 20 heavy (non-hydrogen) atoms. The molecule has 0 fully saturated rings. The summed E-state index contributed by atoms with van der Waals surface area (Å²) in [6, 6.07) is 1.62. The molecule has 0 radical (unpaired) electrons. The number of thiophene rings is 1. The Morgan fingerprint density at radius 2 is 2.10 bits per heavy atom. The van der Waals surface area contributed by atoms with Gasteiger partial charge in [-0.15, -0.1) is 0 Å². The molecule has 6 heteroatoms. The summed E-state index contributed by atoms with van der Waals surface area (Å²) in [6.45, 7) is 4.72. The molecule has 0 bridgehead atoms. The second-order valence-corrected chi connectivity index (χ2v) is 5.90. The minimum absolute atomic E-state index is 0.184. The molecular weight excluding hydrogens is 276 g/mol. The molecule has 2 amide bonds. The van der Waals surface area contributed by atoms with Crippen LogP contribution in [-0.4, -0.2) is 23.7 Å². The Labute approximate surface area is 123 Å². The SMILES string of the molecule is CC(C)C(CCNC(=O)Nc1ccsc1)CCC(=O)O. The summed E-state index contributed by atoms with van der Waals surface area (Å²) in [4.78, 5) is 22.2. The maximum Gasteiger partial charge on any atom is 0.319 e. The van der Waals surface area contributed by atoms with E-state index in [0.29, 0.717) is 24.8 Å². The van der Waals surface area contributed by atoms with Crippen LogP contribution in [-0.2, 0) is 4.79 Å². The van der Waals surface area contributed by atoms with Crippen LogP contribution in [0, 0.1) is 11.8 Å². The molecule has 0 saturated carbocycles. The van der Waals surface area contributed by atoms with Crippen molar-refractivity contribution >= 4 is 29.0 Å². The second-order valence-electron chi connectivity index (χ2n) is 5.12. The maximum absolute atomic E-state index is 11.6. The highest BCUT2D eigenvalue weighted by molar-refractivity contribution is 7.08. The zero-order valence-corrected chi connectivity index (χ0v) is 12.7. The number of carbonyl (C=O) groups excluding carboxylic acids is 1. The highest BCUT2D eigenvalue weighted by Gasteiger charge is 2.15. The molecule has 0 saturated heterocycles. The summed E-state index contributed by atoms with van der Waals surface area (Å²) in [6.07, 6.45) is 1.63. The predicted octanol–water partition coefficient (Wildman–Crippen LogP) is 3.40. The van der Waals surface area contributed by atoms with Gasteiger partial charge in [-0.3, -0.25) is 4.79 Å². The van der Waals surface area contributed by atoms with E-state index in [1.54, 1.807) is 0 Å². The van der Waals surface area contributed by atoms with E-state index in [1.165, 1.54) is 11.3 Å². The van der Waals surface area contributed by atoms with Crippen molar-refractivity contribution in [2.45, 2.75) is 33.1 Å². The van der Waals surface area contributed by atoms with Gasteiger partial charge in [0.2, 0.25) is 0 Å². The lowest BCUT2D eigenvalue weighted by molar-refractivity contribution is -0.137.